The van der Waals surface area contributed by atoms with E-state index in [2.05, 4.69) is 26.3 Å². The maximum Gasteiger partial charge on any atom is 0.285 e. The lowest BCUT2D eigenvalue weighted by molar-refractivity contribution is -0.114. The first kappa shape index (κ1) is 20.1. The number of amides is 2. The Morgan fingerprint density at radius 1 is 0.933 bits per heavy atom. The zero-order valence-corrected chi connectivity index (χ0v) is 18.1. The third-order valence-corrected chi connectivity index (χ3v) is 5.70. The molecule has 2 amide bonds. The van der Waals surface area contributed by atoms with Crippen LogP contribution in [0.25, 0.3) is 6.08 Å². The highest BCUT2D eigenvalue weighted by Gasteiger charge is 2.31. The first-order valence-electron chi connectivity index (χ1n) is 9.10. The average Bonchev–Trinajstić information content (AvgIpc) is 2.77. The fourth-order valence-corrected chi connectivity index (χ4v) is 3.86. The van der Waals surface area contributed by atoms with E-state index in [1.807, 2.05) is 60.7 Å². The van der Waals surface area contributed by atoms with E-state index in [-0.39, 0.29) is 16.9 Å². The monoisotopic (exact) mass is 477 g/mol. The van der Waals surface area contributed by atoms with Gasteiger partial charge in [-0.1, -0.05) is 76.2 Å². The van der Waals surface area contributed by atoms with Crippen molar-refractivity contribution in [2.75, 3.05) is 10.3 Å². The Labute approximate surface area is 186 Å². The van der Waals surface area contributed by atoms with Crippen LogP contribution in [0.2, 0.25) is 0 Å². The lowest BCUT2D eigenvalue weighted by Crippen LogP contribution is -2.35. The molecule has 0 spiro atoms. The number of rotatable bonds is 4. The van der Waals surface area contributed by atoms with Gasteiger partial charge in [0.05, 0.1) is 10.6 Å². The van der Waals surface area contributed by atoms with Gasteiger partial charge < -0.3 is 5.32 Å². The molecule has 0 radical (unpaired) electrons. The number of thioether (sulfide) groups is 1. The predicted molar refractivity (Wildman–Crippen MR) is 126 cm³/mol. The average molecular weight is 478 g/mol. The molecule has 4 rings (SSSR count). The zero-order chi connectivity index (χ0) is 20.9. The van der Waals surface area contributed by atoms with E-state index in [1.165, 1.54) is 5.01 Å². The summed E-state index contributed by atoms with van der Waals surface area (Å²) in [6, 6.07) is 25.8. The van der Waals surface area contributed by atoms with Gasteiger partial charge >= 0.3 is 0 Å². The minimum atomic E-state index is -0.375. The van der Waals surface area contributed by atoms with Crippen molar-refractivity contribution in [3.8, 4) is 0 Å². The van der Waals surface area contributed by atoms with Crippen LogP contribution in [0.4, 0.5) is 11.4 Å². The highest BCUT2D eigenvalue weighted by Crippen LogP contribution is 2.32. The van der Waals surface area contributed by atoms with Crippen molar-refractivity contribution >= 4 is 62.0 Å². The molecule has 0 aliphatic carbocycles. The molecule has 0 saturated heterocycles. The van der Waals surface area contributed by atoms with Crippen molar-refractivity contribution in [3.63, 3.8) is 0 Å². The van der Waals surface area contributed by atoms with Gasteiger partial charge in [0.2, 0.25) is 0 Å². The Morgan fingerprint density at radius 3 is 2.23 bits per heavy atom. The number of nitrogens with one attached hydrogen (secondary N) is 1. The summed E-state index contributed by atoms with van der Waals surface area (Å²) in [4.78, 5) is 26.4. The summed E-state index contributed by atoms with van der Waals surface area (Å²) in [5.74, 6) is -0.665. The normalized spacial score (nSPS) is 15.1. The molecule has 3 aromatic carbocycles. The molecule has 0 bridgehead atoms. The molecule has 148 valence electrons. The van der Waals surface area contributed by atoms with Crippen molar-refractivity contribution in [2.24, 2.45) is 5.10 Å². The van der Waals surface area contributed by atoms with Crippen molar-refractivity contribution in [2.45, 2.75) is 0 Å². The summed E-state index contributed by atoms with van der Waals surface area (Å²) < 4.78 is 0.885. The Kier molecular flexibility index (Phi) is 6.11. The molecule has 0 atom stereocenters. The van der Waals surface area contributed by atoms with E-state index in [0.29, 0.717) is 16.3 Å². The molecule has 5 nitrogen and oxygen atoms in total. The molecule has 0 fully saturated rings. The highest BCUT2D eigenvalue weighted by molar-refractivity contribution is 9.10. The van der Waals surface area contributed by atoms with Crippen LogP contribution in [0.5, 0.6) is 0 Å². The van der Waals surface area contributed by atoms with Crippen molar-refractivity contribution in [1.82, 2.24) is 0 Å². The van der Waals surface area contributed by atoms with Crippen molar-refractivity contribution in [1.29, 1.82) is 0 Å². The van der Waals surface area contributed by atoms with Gasteiger partial charge in [0.15, 0.2) is 5.04 Å². The zero-order valence-electron chi connectivity index (χ0n) is 15.7. The molecule has 7 heteroatoms. The molecule has 1 aliphatic heterocycles. The first-order chi connectivity index (χ1) is 14.6. The summed E-state index contributed by atoms with van der Waals surface area (Å²) in [5, 5.41) is 8.62. The highest BCUT2D eigenvalue weighted by atomic mass is 79.9. The molecule has 3 aromatic rings. The van der Waals surface area contributed by atoms with Gasteiger partial charge in [-0.2, -0.15) is 10.1 Å². The van der Waals surface area contributed by atoms with E-state index in [9.17, 15) is 9.59 Å². The number of hydrazone groups is 1. The third kappa shape index (κ3) is 4.69. The first-order valence-corrected chi connectivity index (χ1v) is 10.7. The summed E-state index contributed by atoms with van der Waals surface area (Å²) >= 11 is 4.46. The number of hydrogen-bond acceptors (Lipinski definition) is 4. The van der Waals surface area contributed by atoms with Crippen LogP contribution < -0.4 is 10.3 Å². The van der Waals surface area contributed by atoms with E-state index < -0.39 is 0 Å². The van der Waals surface area contributed by atoms with Gasteiger partial charge in [0, 0.05) is 10.2 Å². The second kappa shape index (κ2) is 9.11. The molecular formula is C23H16BrN3O2S. The molecule has 1 heterocycles. The molecule has 1 aliphatic rings. The predicted octanol–water partition coefficient (Wildman–Crippen LogP) is 5.52. The van der Waals surface area contributed by atoms with Crippen LogP contribution in [0, 0.1) is 0 Å². The Bertz CT molecular complexity index is 1130. The molecule has 30 heavy (non-hydrogen) atoms. The topological polar surface area (TPSA) is 61.8 Å². The minimum absolute atomic E-state index is 0.184. The van der Waals surface area contributed by atoms with Gasteiger partial charge in [0.25, 0.3) is 11.8 Å². The molecule has 0 aromatic heterocycles. The van der Waals surface area contributed by atoms with Crippen molar-refractivity contribution < 1.29 is 9.59 Å². The number of carbonyl (C=O) groups excluding carboxylic acids is 2. The van der Waals surface area contributed by atoms with Crippen LogP contribution in [0.1, 0.15) is 5.56 Å². The molecule has 0 unspecified atom stereocenters. The van der Waals surface area contributed by atoms with Gasteiger partial charge in [-0.05, 0) is 48.0 Å². The van der Waals surface area contributed by atoms with Crippen LogP contribution >= 0.6 is 27.7 Å². The standard InChI is InChI=1S/C23H16BrN3O2S/c24-17-11-13-19(14-12-17)27-23(29)20(15-16-7-3-1-4-8-16)30-22(26-27)21(28)25-18-9-5-2-6-10-18/h1-15H,(H,25,28). The van der Waals surface area contributed by atoms with E-state index in [1.54, 1.807) is 30.3 Å². The number of benzene rings is 3. The summed E-state index contributed by atoms with van der Waals surface area (Å²) in [7, 11) is 0. The quantitative estimate of drug-likeness (QED) is 0.503. The Hall–Kier alpha value is -3.16. The second-order valence-electron chi connectivity index (χ2n) is 6.34. The lowest BCUT2D eigenvalue weighted by atomic mass is 10.2. The fraction of sp³-hybridized carbons (Fsp3) is 0. The van der Waals surface area contributed by atoms with Gasteiger partial charge in [-0.25, -0.2) is 0 Å². The fourth-order valence-electron chi connectivity index (χ4n) is 2.76. The maximum atomic E-state index is 13.1. The molecular weight excluding hydrogens is 462 g/mol. The smallest absolute Gasteiger partial charge is 0.285 e. The maximum absolute atomic E-state index is 13.1. The van der Waals surface area contributed by atoms with Gasteiger partial charge in [-0.3, -0.25) is 9.59 Å². The third-order valence-electron chi connectivity index (χ3n) is 4.20. The van der Waals surface area contributed by atoms with E-state index >= 15 is 0 Å². The number of para-hydroxylation sites is 1. The van der Waals surface area contributed by atoms with E-state index in [0.717, 1.165) is 21.8 Å². The molecule has 0 saturated carbocycles. The minimum Gasteiger partial charge on any atom is -0.320 e. The number of nitrogens with zero attached hydrogens (tertiary/aromatic N) is 2. The summed E-state index contributed by atoms with van der Waals surface area (Å²) in [6.07, 6.45) is 1.77. The van der Waals surface area contributed by atoms with Crippen LogP contribution in [-0.4, -0.2) is 16.9 Å². The summed E-state index contributed by atoms with van der Waals surface area (Å²) in [6.45, 7) is 0. The van der Waals surface area contributed by atoms with Crippen LogP contribution in [0.3, 0.4) is 0 Å². The number of anilines is 2. The summed E-state index contributed by atoms with van der Waals surface area (Å²) in [5.41, 5.74) is 2.10. The molecule has 1 N–H and O–H groups in total. The lowest BCUT2D eigenvalue weighted by Gasteiger charge is -2.24. The van der Waals surface area contributed by atoms with Crippen molar-refractivity contribution in [3.05, 3.63) is 99.9 Å². The van der Waals surface area contributed by atoms with E-state index in [4.69, 9.17) is 0 Å². The van der Waals surface area contributed by atoms with Gasteiger partial charge in [-0.15, -0.1) is 0 Å². The second-order valence-corrected chi connectivity index (χ2v) is 8.29. The number of halogens is 1. The largest absolute Gasteiger partial charge is 0.320 e. The van der Waals surface area contributed by atoms with Crippen LogP contribution in [-0.2, 0) is 9.59 Å². The number of carbonyl (C=O) groups is 2. The number of hydrogen-bond donors (Lipinski definition) is 1. The van der Waals surface area contributed by atoms with Crippen LogP contribution in [0.15, 0.2) is 99.4 Å². The Morgan fingerprint density at radius 2 is 1.57 bits per heavy atom. The SMILES string of the molecule is O=C(Nc1ccccc1)C1=NN(c2ccc(Br)cc2)C(=O)C(=Cc2ccccc2)S1. The Balaban J connectivity index is 1.71. The van der Waals surface area contributed by atoms with Gasteiger partial charge in [0.1, 0.15) is 0 Å².